The number of methoxy groups -OCH3 is 2. The standard InChI is InChI=1S/C34H52N4O8/c1-20-15-23(4)30(46-33(35)41)21(2)11-10-12-22(3)32(40)37-28-19-26(45-34(42)38(7)14-13-36-6)18-27(29(28)39)31(44-9)24(5)17-25(16-20)43-8/h10-12,15,18-21,24-25,30-31,36,39H,13-14,16-17H2,1-9H3,(H2,35,41)(H,37,40)/b11-10-,22-12+,23-15+/t20-,21-,24-,25+,30+,31+/m0/s1. The lowest BCUT2D eigenvalue weighted by Gasteiger charge is -2.29. The summed E-state index contributed by atoms with van der Waals surface area (Å²) >= 11 is 0. The molecule has 0 saturated carbocycles. The third-order valence-electron chi connectivity index (χ3n) is 8.09. The van der Waals surface area contributed by atoms with Crippen molar-refractivity contribution in [2.75, 3.05) is 46.7 Å². The molecule has 0 spiro atoms. The van der Waals surface area contributed by atoms with Gasteiger partial charge in [0.15, 0.2) is 0 Å². The van der Waals surface area contributed by atoms with Gasteiger partial charge in [-0.25, -0.2) is 9.59 Å². The van der Waals surface area contributed by atoms with Crippen molar-refractivity contribution >= 4 is 23.8 Å². The van der Waals surface area contributed by atoms with Gasteiger partial charge in [-0.1, -0.05) is 45.1 Å². The predicted molar refractivity (Wildman–Crippen MR) is 178 cm³/mol. The first-order valence-corrected chi connectivity index (χ1v) is 15.5. The van der Waals surface area contributed by atoms with Gasteiger partial charge >= 0.3 is 12.2 Å². The van der Waals surface area contributed by atoms with Crippen LogP contribution >= 0.6 is 0 Å². The van der Waals surface area contributed by atoms with Gasteiger partial charge in [-0.05, 0) is 57.2 Å². The molecule has 1 aromatic carbocycles. The highest BCUT2D eigenvalue weighted by atomic mass is 16.6. The van der Waals surface area contributed by atoms with Gasteiger partial charge in [0, 0.05) is 57.5 Å². The van der Waals surface area contributed by atoms with Crippen LogP contribution in [0.15, 0.2) is 47.6 Å². The second kappa shape index (κ2) is 18.3. The minimum atomic E-state index is -0.874. The van der Waals surface area contributed by atoms with E-state index in [9.17, 15) is 19.5 Å². The molecule has 2 bridgehead atoms. The molecule has 5 N–H and O–H groups in total. The van der Waals surface area contributed by atoms with Gasteiger partial charge in [0.05, 0.1) is 17.9 Å². The van der Waals surface area contributed by atoms with Crippen molar-refractivity contribution in [3.05, 3.63) is 53.1 Å². The highest BCUT2D eigenvalue weighted by Gasteiger charge is 2.29. The van der Waals surface area contributed by atoms with Gasteiger partial charge in [0.1, 0.15) is 17.6 Å². The molecule has 1 aromatic rings. The molecule has 0 radical (unpaired) electrons. The number of carbonyl (C=O) groups is 3. The molecule has 0 unspecified atom stereocenters. The number of nitrogens with one attached hydrogen (secondary N) is 2. The average Bonchev–Trinajstić information content (AvgIpc) is 2.99. The summed E-state index contributed by atoms with van der Waals surface area (Å²) in [5, 5.41) is 17.2. The molecular weight excluding hydrogens is 592 g/mol. The number of phenolic OH excluding ortho intramolecular Hbond substituents is 1. The number of likely N-dealkylation sites (N-methyl/N-ethyl adjacent to an activating group) is 2. The summed E-state index contributed by atoms with van der Waals surface area (Å²) < 4.78 is 22.9. The van der Waals surface area contributed by atoms with E-state index in [-0.39, 0.29) is 41.0 Å². The van der Waals surface area contributed by atoms with Crippen LogP contribution in [0, 0.1) is 17.8 Å². The first-order chi connectivity index (χ1) is 21.7. The van der Waals surface area contributed by atoms with Gasteiger partial charge < -0.3 is 45.3 Å². The molecule has 46 heavy (non-hydrogen) atoms. The van der Waals surface area contributed by atoms with Crippen LogP contribution < -0.4 is 21.1 Å². The van der Waals surface area contributed by atoms with Crippen molar-refractivity contribution in [1.29, 1.82) is 0 Å². The molecule has 2 rings (SSSR count). The Kier molecular flexibility index (Phi) is 15.3. The van der Waals surface area contributed by atoms with E-state index in [1.54, 1.807) is 46.3 Å². The van der Waals surface area contributed by atoms with E-state index < -0.39 is 30.3 Å². The number of anilines is 1. The summed E-state index contributed by atoms with van der Waals surface area (Å²) in [6.07, 6.45) is 5.52. The van der Waals surface area contributed by atoms with Crippen LogP contribution in [-0.2, 0) is 19.0 Å². The van der Waals surface area contributed by atoms with Crippen molar-refractivity contribution < 1.29 is 38.4 Å². The second-order valence-corrected chi connectivity index (χ2v) is 12.1. The molecule has 0 aromatic heterocycles. The Bertz CT molecular complexity index is 1290. The minimum Gasteiger partial charge on any atom is -0.505 e. The van der Waals surface area contributed by atoms with E-state index in [1.165, 1.54) is 18.1 Å². The van der Waals surface area contributed by atoms with Gasteiger partial charge in [0.2, 0.25) is 0 Å². The molecule has 0 saturated heterocycles. The fourth-order valence-corrected chi connectivity index (χ4v) is 5.58. The zero-order chi connectivity index (χ0) is 34.6. The Hall–Kier alpha value is -3.87. The first kappa shape index (κ1) is 38.3. The maximum atomic E-state index is 13.3. The molecule has 3 amide bonds. The van der Waals surface area contributed by atoms with Crippen LogP contribution in [0.2, 0.25) is 0 Å². The largest absolute Gasteiger partial charge is 0.505 e. The third kappa shape index (κ3) is 11.2. The lowest BCUT2D eigenvalue weighted by Crippen LogP contribution is -2.34. The molecule has 0 fully saturated rings. The summed E-state index contributed by atoms with van der Waals surface area (Å²) in [5.74, 6) is -0.917. The SMILES string of the molecule is CNCCN(C)C(=O)Oc1cc2c(O)c(c1)[C@H](OC)[C@@H](C)C[C@H](OC)C[C@@H](C)/C=C(\C)[C@H](OC(N)=O)[C@@H](C)/C=C\C=C(/C)C(=O)N2. The fourth-order valence-electron chi connectivity index (χ4n) is 5.58. The van der Waals surface area contributed by atoms with Crippen molar-refractivity contribution in [2.24, 2.45) is 23.5 Å². The van der Waals surface area contributed by atoms with Crippen molar-refractivity contribution in [1.82, 2.24) is 10.2 Å². The predicted octanol–water partition coefficient (Wildman–Crippen LogP) is 5.30. The van der Waals surface area contributed by atoms with Crippen molar-refractivity contribution in [3.8, 4) is 11.5 Å². The van der Waals surface area contributed by atoms with Crippen LogP contribution in [0.5, 0.6) is 11.5 Å². The number of primary amides is 1. The quantitative estimate of drug-likeness (QED) is 0.228. The molecule has 6 atom stereocenters. The zero-order valence-corrected chi connectivity index (χ0v) is 28.6. The Labute approximate surface area is 273 Å². The zero-order valence-electron chi connectivity index (χ0n) is 28.6. The molecule has 1 aliphatic rings. The lowest BCUT2D eigenvalue weighted by atomic mass is 9.87. The number of hydrogen-bond acceptors (Lipinski definition) is 9. The van der Waals surface area contributed by atoms with Crippen LogP contribution in [0.3, 0.4) is 0 Å². The monoisotopic (exact) mass is 644 g/mol. The topological polar surface area (TPSA) is 162 Å². The number of nitrogens with two attached hydrogens (primary N) is 1. The fraction of sp³-hybridized carbons (Fsp3) is 0.559. The van der Waals surface area contributed by atoms with Gasteiger partial charge in [-0.2, -0.15) is 0 Å². The van der Waals surface area contributed by atoms with Crippen molar-refractivity contribution in [3.63, 3.8) is 0 Å². The number of ether oxygens (including phenoxy) is 4. The van der Waals surface area contributed by atoms with Gasteiger partial charge in [-0.15, -0.1) is 0 Å². The first-order valence-electron chi connectivity index (χ1n) is 15.5. The van der Waals surface area contributed by atoms with Crippen LogP contribution in [0.25, 0.3) is 0 Å². The molecule has 12 nitrogen and oxygen atoms in total. The van der Waals surface area contributed by atoms with Gasteiger partial charge in [0.25, 0.3) is 5.91 Å². The van der Waals surface area contributed by atoms with E-state index in [0.717, 1.165) is 5.57 Å². The van der Waals surface area contributed by atoms with Crippen LogP contribution in [-0.4, -0.2) is 81.7 Å². The summed E-state index contributed by atoms with van der Waals surface area (Å²) in [5.41, 5.74) is 7.00. The molecule has 1 heterocycles. The number of carbonyl (C=O) groups excluding carboxylic acids is 3. The Morgan fingerprint density at radius 1 is 1.11 bits per heavy atom. The number of allylic oxidation sites excluding steroid dienone is 3. The smallest absolute Gasteiger partial charge is 0.415 e. The van der Waals surface area contributed by atoms with E-state index in [0.29, 0.717) is 37.1 Å². The average molecular weight is 645 g/mol. The summed E-state index contributed by atoms with van der Waals surface area (Å²) in [6, 6.07) is 2.97. The molecule has 256 valence electrons. The highest BCUT2D eigenvalue weighted by Crippen LogP contribution is 2.42. The number of phenols is 1. The highest BCUT2D eigenvalue weighted by molar-refractivity contribution is 6.04. The number of fused-ring (bicyclic) bond motifs is 2. The number of benzene rings is 1. The molecule has 1 aliphatic heterocycles. The number of aromatic hydroxyl groups is 1. The Balaban J connectivity index is 2.65. The second-order valence-electron chi connectivity index (χ2n) is 12.1. The van der Waals surface area contributed by atoms with E-state index in [1.807, 2.05) is 26.8 Å². The Morgan fingerprint density at radius 3 is 2.41 bits per heavy atom. The maximum absolute atomic E-state index is 13.3. The lowest BCUT2D eigenvalue weighted by molar-refractivity contribution is -0.112. The maximum Gasteiger partial charge on any atom is 0.415 e. The Morgan fingerprint density at radius 2 is 1.80 bits per heavy atom. The van der Waals surface area contributed by atoms with Gasteiger partial charge in [-0.3, -0.25) is 4.79 Å². The minimum absolute atomic E-state index is 0.0574. The molecule has 0 aliphatic carbocycles. The number of rotatable bonds is 7. The number of nitrogens with zero attached hydrogens (tertiary/aromatic N) is 1. The molecule has 12 heteroatoms. The number of amides is 3. The van der Waals surface area contributed by atoms with Crippen molar-refractivity contribution in [2.45, 2.75) is 65.8 Å². The number of hydrogen-bond donors (Lipinski definition) is 4. The third-order valence-corrected chi connectivity index (χ3v) is 8.09. The summed E-state index contributed by atoms with van der Waals surface area (Å²) in [7, 11) is 6.59. The van der Waals surface area contributed by atoms with E-state index in [4.69, 9.17) is 24.7 Å². The van der Waals surface area contributed by atoms with Crippen LogP contribution in [0.1, 0.15) is 59.1 Å². The normalized spacial score (nSPS) is 27.7. The summed E-state index contributed by atoms with van der Waals surface area (Å²) in [6.45, 7) is 10.4. The molecular formula is C34H52N4O8. The summed E-state index contributed by atoms with van der Waals surface area (Å²) in [4.78, 5) is 39.3. The van der Waals surface area contributed by atoms with E-state index in [2.05, 4.69) is 23.6 Å². The van der Waals surface area contributed by atoms with Crippen LogP contribution in [0.4, 0.5) is 15.3 Å². The van der Waals surface area contributed by atoms with E-state index >= 15 is 0 Å².